The van der Waals surface area contributed by atoms with Crippen LogP contribution < -0.4 is 0 Å². The Morgan fingerprint density at radius 2 is 1.86 bits per heavy atom. The number of aromatic nitrogens is 2. The minimum Gasteiger partial charge on any atom is -0.299 e. The van der Waals surface area contributed by atoms with Crippen molar-refractivity contribution in [1.29, 1.82) is 0 Å². The van der Waals surface area contributed by atoms with Gasteiger partial charge < -0.3 is 0 Å². The summed E-state index contributed by atoms with van der Waals surface area (Å²) in [4.78, 5) is 19.7. The summed E-state index contributed by atoms with van der Waals surface area (Å²) in [5.41, 5.74) is -0.255. The van der Waals surface area contributed by atoms with Gasteiger partial charge >= 0.3 is 0 Å². The maximum absolute atomic E-state index is 11.6. The van der Waals surface area contributed by atoms with Crippen LogP contribution in [0.25, 0.3) is 0 Å². The fraction of sp³-hybridized carbons (Fsp3) is 0.545. The highest BCUT2D eigenvalue weighted by Gasteiger charge is 2.20. The van der Waals surface area contributed by atoms with E-state index in [1.165, 1.54) is 0 Å². The number of hydrogen-bond donors (Lipinski definition) is 0. The van der Waals surface area contributed by atoms with Gasteiger partial charge in [0.1, 0.15) is 11.6 Å². The molecule has 1 aromatic rings. The van der Waals surface area contributed by atoms with Crippen LogP contribution in [0.4, 0.5) is 0 Å². The fourth-order valence-electron chi connectivity index (χ4n) is 1.06. The number of aryl methyl sites for hydroxylation is 1. The van der Waals surface area contributed by atoms with Gasteiger partial charge in [0.25, 0.3) is 0 Å². The van der Waals surface area contributed by atoms with Crippen LogP contribution in [0.5, 0.6) is 0 Å². The van der Waals surface area contributed by atoms with Crippen LogP contribution in [0.1, 0.15) is 33.0 Å². The van der Waals surface area contributed by atoms with Crippen LogP contribution in [0.15, 0.2) is 18.5 Å². The van der Waals surface area contributed by atoms with Crippen LogP contribution >= 0.6 is 0 Å². The summed E-state index contributed by atoms with van der Waals surface area (Å²) in [5.74, 6) is 0.995. The lowest BCUT2D eigenvalue weighted by Crippen LogP contribution is -2.20. The van der Waals surface area contributed by atoms with Crippen molar-refractivity contribution >= 4 is 5.78 Å². The summed E-state index contributed by atoms with van der Waals surface area (Å²) < 4.78 is 0. The molecule has 0 spiro atoms. The molecule has 0 unspecified atom stereocenters. The third-order valence-corrected chi connectivity index (χ3v) is 2.03. The van der Waals surface area contributed by atoms with Gasteiger partial charge in [0.05, 0.1) is 0 Å². The van der Waals surface area contributed by atoms with Crippen molar-refractivity contribution in [2.24, 2.45) is 5.41 Å². The standard InChI is InChI=1S/C11H16N2O/c1-11(2,3)9(14)5-6-10-12-7-4-8-13-10/h4,7-8H,5-6H2,1-3H3. The number of hydrogen-bond acceptors (Lipinski definition) is 3. The van der Waals surface area contributed by atoms with Gasteiger partial charge in [-0.25, -0.2) is 9.97 Å². The van der Waals surface area contributed by atoms with E-state index in [0.717, 1.165) is 5.82 Å². The number of nitrogens with zero attached hydrogens (tertiary/aromatic N) is 2. The topological polar surface area (TPSA) is 42.9 Å². The zero-order chi connectivity index (χ0) is 10.6. The summed E-state index contributed by atoms with van der Waals surface area (Å²) in [6.07, 6.45) is 4.55. The predicted octanol–water partition coefficient (Wildman–Crippen LogP) is 2.02. The van der Waals surface area contributed by atoms with Gasteiger partial charge in [-0.05, 0) is 6.07 Å². The molecule has 1 rings (SSSR count). The Hall–Kier alpha value is -1.25. The molecule has 0 atom stereocenters. The van der Waals surface area contributed by atoms with Crippen molar-refractivity contribution in [2.45, 2.75) is 33.6 Å². The normalized spacial score (nSPS) is 11.4. The van der Waals surface area contributed by atoms with E-state index in [9.17, 15) is 4.79 Å². The molecule has 76 valence electrons. The van der Waals surface area contributed by atoms with Crippen molar-refractivity contribution < 1.29 is 4.79 Å². The maximum Gasteiger partial charge on any atom is 0.138 e. The Labute approximate surface area is 84.6 Å². The summed E-state index contributed by atoms with van der Waals surface area (Å²) >= 11 is 0. The maximum atomic E-state index is 11.6. The Balaban J connectivity index is 2.46. The molecular weight excluding hydrogens is 176 g/mol. The molecule has 14 heavy (non-hydrogen) atoms. The van der Waals surface area contributed by atoms with Crippen LogP contribution in [0.2, 0.25) is 0 Å². The van der Waals surface area contributed by atoms with E-state index in [1.807, 2.05) is 20.8 Å². The van der Waals surface area contributed by atoms with E-state index >= 15 is 0 Å². The minimum absolute atomic E-state index is 0.255. The first-order valence-electron chi connectivity index (χ1n) is 4.79. The number of Topliss-reactive ketones (excluding diaryl/α,β-unsaturated/α-hetero) is 1. The van der Waals surface area contributed by atoms with Gasteiger partial charge in [-0.3, -0.25) is 4.79 Å². The SMILES string of the molecule is CC(C)(C)C(=O)CCc1ncccn1. The molecule has 1 heterocycles. The van der Waals surface area contributed by atoms with E-state index in [2.05, 4.69) is 9.97 Å². The molecule has 0 aromatic carbocycles. The third-order valence-electron chi connectivity index (χ3n) is 2.03. The first kappa shape index (κ1) is 10.8. The van der Waals surface area contributed by atoms with Gasteiger partial charge in [-0.2, -0.15) is 0 Å². The molecule has 0 saturated carbocycles. The van der Waals surface area contributed by atoms with Crippen LogP contribution in [-0.2, 0) is 11.2 Å². The summed E-state index contributed by atoms with van der Waals surface area (Å²) in [7, 11) is 0. The van der Waals surface area contributed by atoms with Crippen molar-refractivity contribution in [3.05, 3.63) is 24.3 Å². The first-order valence-corrected chi connectivity index (χ1v) is 4.79. The second kappa shape index (κ2) is 4.31. The van der Waals surface area contributed by atoms with E-state index in [1.54, 1.807) is 18.5 Å². The Kier molecular flexibility index (Phi) is 3.33. The third kappa shape index (κ3) is 3.24. The van der Waals surface area contributed by atoms with E-state index < -0.39 is 0 Å². The second-order valence-corrected chi connectivity index (χ2v) is 4.34. The molecule has 0 amide bonds. The quantitative estimate of drug-likeness (QED) is 0.735. The molecule has 3 nitrogen and oxygen atoms in total. The fourth-order valence-corrected chi connectivity index (χ4v) is 1.06. The van der Waals surface area contributed by atoms with Crippen molar-refractivity contribution in [2.75, 3.05) is 0 Å². The number of rotatable bonds is 3. The smallest absolute Gasteiger partial charge is 0.138 e. The summed E-state index contributed by atoms with van der Waals surface area (Å²) in [6, 6.07) is 1.77. The second-order valence-electron chi connectivity index (χ2n) is 4.34. The summed E-state index contributed by atoms with van der Waals surface area (Å²) in [5, 5.41) is 0. The molecular formula is C11H16N2O. The first-order chi connectivity index (χ1) is 6.50. The highest BCUT2D eigenvalue weighted by atomic mass is 16.1. The molecule has 0 bridgehead atoms. The number of ketones is 1. The molecule has 0 aliphatic carbocycles. The van der Waals surface area contributed by atoms with E-state index in [0.29, 0.717) is 12.8 Å². The molecule has 0 N–H and O–H groups in total. The molecule has 0 radical (unpaired) electrons. The van der Waals surface area contributed by atoms with Gasteiger partial charge in [0, 0.05) is 30.7 Å². The lowest BCUT2D eigenvalue weighted by atomic mass is 9.88. The Morgan fingerprint density at radius 1 is 1.29 bits per heavy atom. The Morgan fingerprint density at radius 3 is 2.36 bits per heavy atom. The van der Waals surface area contributed by atoms with Crippen LogP contribution in [0.3, 0.4) is 0 Å². The lowest BCUT2D eigenvalue weighted by molar-refractivity contribution is -0.126. The minimum atomic E-state index is -0.255. The molecule has 0 fully saturated rings. The van der Waals surface area contributed by atoms with E-state index in [-0.39, 0.29) is 11.2 Å². The summed E-state index contributed by atoms with van der Waals surface area (Å²) in [6.45, 7) is 5.80. The van der Waals surface area contributed by atoms with Crippen molar-refractivity contribution in [1.82, 2.24) is 9.97 Å². The average molecular weight is 192 g/mol. The number of carbonyl (C=O) groups excluding carboxylic acids is 1. The highest BCUT2D eigenvalue weighted by molar-refractivity contribution is 5.83. The van der Waals surface area contributed by atoms with Crippen molar-refractivity contribution in [3.8, 4) is 0 Å². The van der Waals surface area contributed by atoms with Crippen LogP contribution in [-0.4, -0.2) is 15.8 Å². The van der Waals surface area contributed by atoms with Gasteiger partial charge in [-0.1, -0.05) is 20.8 Å². The molecule has 0 saturated heterocycles. The van der Waals surface area contributed by atoms with Crippen LogP contribution in [0, 0.1) is 5.41 Å². The largest absolute Gasteiger partial charge is 0.299 e. The van der Waals surface area contributed by atoms with Gasteiger partial charge in [0.2, 0.25) is 0 Å². The monoisotopic (exact) mass is 192 g/mol. The molecule has 0 aliphatic rings. The molecule has 0 aliphatic heterocycles. The highest BCUT2D eigenvalue weighted by Crippen LogP contribution is 2.17. The zero-order valence-corrected chi connectivity index (χ0v) is 8.95. The van der Waals surface area contributed by atoms with Gasteiger partial charge in [0.15, 0.2) is 0 Å². The lowest BCUT2D eigenvalue weighted by Gasteiger charge is -2.15. The van der Waals surface area contributed by atoms with Gasteiger partial charge in [-0.15, -0.1) is 0 Å². The van der Waals surface area contributed by atoms with Crippen molar-refractivity contribution in [3.63, 3.8) is 0 Å². The Bertz CT molecular complexity index is 301. The van der Waals surface area contributed by atoms with E-state index in [4.69, 9.17) is 0 Å². The average Bonchev–Trinajstić information content (AvgIpc) is 2.14. The predicted molar refractivity (Wildman–Crippen MR) is 54.8 cm³/mol. The molecule has 1 aromatic heterocycles. The number of carbonyl (C=O) groups is 1. The molecule has 3 heteroatoms. The zero-order valence-electron chi connectivity index (χ0n) is 8.95.